The van der Waals surface area contributed by atoms with Gasteiger partial charge in [0.05, 0.1) is 0 Å². The van der Waals surface area contributed by atoms with E-state index >= 15 is 0 Å². The maximum absolute atomic E-state index is 2.23. The van der Waals surface area contributed by atoms with Gasteiger partial charge in [-0.2, -0.15) is 0 Å². The molecule has 0 aliphatic heterocycles. The van der Waals surface area contributed by atoms with E-state index < -0.39 is 23.8 Å². The van der Waals surface area contributed by atoms with Gasteiger partial charge in [-0.05, 0) is 71.5 Å². The maximum Gasteiger partial charge on any atom is 0 e. The summed E-state index contributed by atoms with van der Waals surface area (Å²) >= 11 is 0. The Kier molecular flexibility index (Phi) is 19.3. The summed E-state index contributed by atoms with van der Waals surface area (Å²) < 4.78 is 0. The number of halogens is 1. The first-order valence-corrected chi connectivity index (χ1v) is 23.2. The van der Waals surface area contributed by atoms with Crippen molar-refractivity contribution in [3.8, 4) is 0 Å². The van der Waals surface area contributed by atoms with E-state index in [0.29, 0.717) is 0 Å². The molecule has 0 saturated carbocycles. The molecule has 0 aliphatic carbocycles. The molecule has 0 bridgehead atoms. The molecule has 9 rings (SSSR count). The Morgan fingerprint density at radius 2 is 0.237 bits per heavy atom. The van der Waals surface area contributed by atoms with Crippen LogP contribution in [0.4, 0.5) is 0 Å². The van der Waals surface area contributed by atoms with Crippen molar-refractivity contribution >= 4 is 71.5 Å². The molecule has 0 amide bonds. The normalized spacial score (nSPS) is 10.2. The Bertz CT molecular complexity index is 1870. The Hall–Kier alpha value is -4.63. The van der Waals surface area contributed by atoms with Crippen LogP contribution >= 0.6 is 23.8 Å². The van der Waals surface area contributed by atoms with Gasteiger partial charge >= 0.3 is 0 Å². The van der Waals surface area contributed by atoms with Gasteiger partial charge in [-0.3, -0.25) is 0 Å². The van der Waals surface area contributed by atoms with Crippen molar-refractivity contribution in [1.82, 2.24) is 0 Å². The van der Waals surface area contributed by atoms with E-state index in [1.165, 1.54) is 47.7 Å². The molecular weight excluding hydrogens is 924 g/mol. The predicted molar refractivity (Wildman–Crippen MR) is 255 cm³/mol. The summed E-state index contributed by atoms with van der Waals surface area (Å²) in [5.41, 5.74) is 0. The van der Waals surface area contributed by atoms with Gasteiger partial charge < -0.3 is 17.0 Å². The largest absolute Gasteiger partial charge is 1.00 e. The van der Waals surface area contributed by atoms with Gasteiger partial charge in [-0.1, -0.05) is 273 Å². The minimum atomic E-state index is -0.446. The standard InChI is InChI=1S/3C18H15P.BrH.Rh/c3*1-4-10-16(11-5-1)19(17-12-6-2-7-13-17)18-14-8-3-9-15-18;;/h3*1-15H;1H;/p-1. The fourth-order valence-corrected chi connectivity index (χ4v) is 13.5. The molecular formula is C54H45BrP3Rh-. The minimum absolute atomic E-state index is 0. The molecule has 0 fully saturated rings. The van der Waals surface area contributed by atoms with Crippen LogP contribution in [0.2, 0.25) is 0 Å². The molecule has 0 aromatic heterocycles. The van der Waals surface area contributed by atoms with E-state index in [0.717, 1.165) is 0 Å². The van der Waals surface area contributed by atoms with Crippen molar-refractivity contribution in [1.29, 1.82) is 0 Å². The average Bonchev–Trinajstić information content (AvgIpc) is 3.30. The van der Waals surface area contributed by atoms with Crippen molar-refractivity contribution in [3.05, 3.63) is 273 Å². The van der Waals surface area contributed by atoms with Crippen molar-refractivity contribution in [2.75, 3.05) is 0 Å². The van der Waals surface area contributed by atoms with Gasteiger partial charge in [-0.15, -0.1) is 0 Å². The topological polar surface area (TPSA) is 0 Å². The zero-order chi connectivity index (χ0) is 38.7. The molecule has 59 heavy (non-hydrogen) atoms. The van der Waals surface area contributed by atoms with Crippen LogP contribution in [0.15, 0.2) is 273 Å². The zero-order valence-corrected chi connectivity index (χ0v) is 38.4. The molecule has 0 saturated heterocycles. The van der Waals surface area contributed by atoms with Crippen LogP contribution in [0.5, 0.6) is 0 Å². The van der Waals surface area contributed by atoms with Crippen LogP contribution < -0.4 is 64.7 Å². The van der Waals surface area contributed by atoms with Crippen LogP contribution in [0.3, 0.4) is 0 Å². The van der Waals surface area contributed by atoms with E-state index in [1.54, 1.807) is 0 Å². The van der Waals surface area contributed by atoms with Gasteiger partial charge in [0.2, 0.25) is 0 Å². The molecule has 9 aromatic carbocycles. The first kappa shape index (κ1) is 45.5. The number of benzene rings is 9. The number of hydrogen-bond donors (Lipinski definition) is 0. The van der Waals surface area contributed by atoms with E-state index in [4.69, 9.17) is 0 Å². The van der Waals surface area contributed by atoms with Crippen molar-refractivity contribution < 1.29 is 36.5 Å². The fraction of sp³-hybridized carbons (Fsp3) is 0. The van der Waals surface area contributed by atoms with Gasteiger partial charge in [0, 0.05) is 19.5 Å². The predicted octanol–water partition coefficient (Wildman–Crippen LogP) is 7.34. The third-order valence-corrected chi connectivity index (χ3v) is 16.5. The van der Waals surface area contributed by atoms with Crippen molar-refractivity contribution in [2.24, 2.45) is 0 Å². The molecule has 0 unspecified atom stereocenters. The molecule has 0 atom stereocenters. The monoisotopic (exact) mass is 968 g/mol. The second kappa shape index (κ2) is 25.1. The summed E-state index contributed by atoms with van der Waals surface area (Å²) in [5.74, 6) is 0. The fourth-order valence-electron chi connectivity index (χ4n) is 6.54. The van der Waals surface area contributed by atoms with E-state index in [-0.39, 0.29) is 36.5 Å². The van der Waals surface area contributed by atoms with E-state index in [1.807, 2.05) is 0 Å². The van der Waals surface area contributed by atoms with E-state index in [2.05, 4.69) is 273 Å². The Morgan fingerprint density at radius 1 is 0.153 bits per heavy atom. The van der Waals surface area contributed by atoms with Crippen LogP contribution in [0.25, 0.3) is 0 Å². The second-order valence-electron chi connectivity index (χ2n) is 13.0. The summed E-state index contributed by atoms with van der Waals surface area (Å²) in [7, 11) is -1.34. The van der Waals surface area contributed by atoms with Crippen LogP contribution in [0.1, 0.15) is 0 Å². The Morgan fingerprint density at radius 3 is 0.322 bits per heavy atom. The molecule has 0 N–H and O–H groups in total. The quantitative estimate of drug-likeness (QED) is 0.105. The van der Waals surface area contributed by atoms with Crippen LogP contribution in [0, 0.1) is 0 Å². The van der Waals surface area contributed by atoms with Gasteiger partial charge in [0.15, 0.2) is 0 Å². The van der Waals surface area contributed by atoms with Crippen molar-refractivity contribution in [2.45, 2.75) is 0 Å². The first-order chi connectivity index (χ1) is 28.3. The summed E-state index contributed by atoms with van der Waals surface area (Å²) in [6.45, 7) is 0. The summed E-state index contributed by atoms with van der Waals surface area (Å²) in [6, 6.07) is 97.0. The molecule has 0 heterocycles. The number of hydrogen-bond acceptors (Lipinski definition) is 0. The molecule has 0 spiro atoms. The first-order valence-electron chi connectivity index (χ1n) is 19.2. The zero-order valence-electron chi connectivity index (χ0n) is 32.5. The maximum atomic E-state index is 2.23. The van der Waals surface area contributed by atoms with Crippen molar-refractivity contribution in [3.63, 3.8) is 0 Å². The van der Waals surface area contributed by atoms with Crippen LogP contribution in [-0.2, 0) is 19.5 Å². The molecule has 5 heteroatoms. The second-order valence-corrected chi connectivity index (χ2v) is 19.7. The third-order valence-electron chi connectivity index (χ3n) is 9.13. The SMILES string of the molecule is [Br-].[Rh].c1ccc(P(c2ccccc2)c2ccccc2)cc1.c1ccc(P(c2ccccc2)c2ccccc2)cc1.c1ccc(P(c2ccccc2)c2ccccc2)cc1. The van der Waals surface area contributed by atoms with Gasteiger partial charge in [0.1, 0.15) is 0 Å². The Balaban J connectivity index is 0.000000165. The molecule has 1 radical (unpaired) electrons. The third kappa shape index (κ3) is 13.2. The molecule has 9 aromatic rings. The van der Waals surface area contributed by atoms with Crippen LogP contribution in [-0.4, -0.2) is 0 Å². The summed E-state index contributed by atoms with van der Waals surface area (Å²) in [5, 5.41) is 12.6. The molecule has 293 valence electrons. The number of rotatable bonds is 9. The average molecular weight is 970 g/mol. The van der Waals surface area contributed by atoms with Gasteiger partial charge in [0.25, 0.3) is 0 Å². The smallest absolute Gasteiger partial charge is 0 e. The summed E-state index contributed by atoms with van der Waals surface area (Å²) in [6.07, 6.45) is 0. The Labute approximate surface area is 378 Å². The van der Waals surface area contributed by atoms with E-state index in [9.17, 15) is 0 Å². The molecule has 0 aliphatic rings. The molecule has 0 nitrogen and oxygen atoms in total. The van der Waals surface area contributed by atoms with Gasteiger partial charge in [-0.25, -0.2) is 0 Å². The summed E-state index contributed by atoms with van der Waals surface area (Å²) in [4.78, 5) is 0. The minimum Gasteiger partial charge on any atom is -1.00 e.